The van der Waals surface area contributed by atoms with Crippen LogP contribution in [0.3, 0.4) is 0 Å². The van der Waals surface area contributed by atoms with Crippen LogP contribution in [0.4, 0.5) is 0 Å². The van der Waals surface area contributed by atoms with Gasteiger partial charge in [-0.25, -0.2) is 13.1 Å². The first-order valence-corrected chi connectivity index (χ1v) is 12.9. The van der Waals surface area contributed by atoms with Crippen molar-refractivity contribution in [2.24, 2.45) is 0 Å². The SMILES string of the molecule is Cc1ccc(C(C)NC(=O)c2cccc(-c3ccc(S(=O)(=O)NCc4ccccc4)cc3)c2)cc1. The van der Waals surface area contributed by atoms with Gasteiger partial charge in [0.25, 0.3) is 5.91 Å². The van der Waals surface area contributed by atoms with E-state index < -0.39 is 10.0 Å². The van der Waals surface area contributed by atoms with Crippen LogP contribution in [-0.4, -0.2) is 14.3 Å². The molecule has 6 heteroatoms. The summed E-state index contributed by atoms with van der Waals surface area (Å²) in [6.45, 7) is 4.21. The number of amides is 1. The summed E-state index contributed by atoms with van der Waals surface area (Å²) in [6, 6.07) is 31.3. The van der Waals surface area contributed by atoms with E-state index in [1.807, 2.05) is 86.6 Å². The van der Waals surface area contributed by atoms with E-state index >= 15 is 0 Å². The zero-order valence-electron chi connectivity index (χ0n) is 19.7. The lowest BCUT2D eigenvalue weighted by Gasteiger charge is -2.15. The first-order chi connectivity index (χ1) is 16.8. The van der Waals surface area contributed by atoms with Crippen molar-refractivity contribution in [3.05, 3.63) is 125 Å². The predicted molar refractivity (Wildman–Crippen MR) is 139 cm³/mol. The van der Waals surface area contributed by atoms with Crippen molar-refractivity contribution in [2.45, 2.75) is 31.3 Å². The number of hydrogen-bond donors (Lipinski definition) is 2. The summed E-state index contributed by atoms with van der Waals surface area (Å²) in [5, 5.41) is 3.04. The summed E-state index contributed by atoms with van der Waals surface area (Å²) >= 11 is 0. The highest BCUT2D eigenvalue weighted by atomic mass is 32.2. The third-order valence-electron chi connectivity index (χ3n) is 5.86. The van der Waals surface area contributed by atoms with Gasteiger partial charge >= 0.3 is 0 Å². The van der Waals surface area contributed by atoms with Crippen LogP contribution in [0.15, 0.2) is 108 Å². The fourth-order valence-corrected chi connectivity index (χ4v) is 4.76. The molecule has 35 heavy (non-hydrogen) atoms. The van der Waals surface area contributed by atoms with Gasteiger partial charge in [-0.2, -0.15) is 0 Å². The molecular formula is C29H28N2O3S. The average Bonchev–Trinajstić information content (AvgIpc) is 2.88. The minimum absolute atomic E-state index is 0.125. The highest BCUT2D eigenvalue weighted by Gasteiger charge is 2.15. The number of benzene rings is 4. The summed E-state index contributed by atoms with van der Waals surface area (Å²) in [4.78, 5) is 13.0. The van der Waals surface area contributed by atoms with E-state index in [1.165, 1.54) is 5.56 Å². The second kappa shape index (κ2) is 10.7. The molecule has 0 saturated heterocycles. The Hall–Kier alpha value is -3.74. The van der Waals surface area contributed by atoms with E-state index in [4.69, 9.17) is 0 Å². The first kappa shape index (κ1) is 24.4. The lowest BCUT2D eigenvalue weighted by molar-refractivity contribution is 0.0940. The zero-order chi connectivity index (χ0) is 24.8. The maximum absolute atomic E-state index is 12.9. The Morgan fingerprint density at radius 2 is 1.49 bits per heavy atom. The van der Waals surface area contributed by atoms with Gasteiger partial charge in [-0.05, 0) is 60.4 Å². The van der Waals surface area contributed by atoms with Gasteiger partial charge < -0.3 is 5.32 Å². The number of carbonyl (C=O) groups is 1. The van der Waals surface area contributed by atoms with Crippen LogP contribution in [-0.2, 0) is 16.6 Å². The Kier molecular flexibility index (Phi) is 7.44. The van der Waals surface area contributed by atoms with Crippen molar-refractivity contribution in [3.63, 3.8) is 0 Å². The molecule has 4 rings (SSSR count). The van der Waals surface area contributed by atoms with E-state index in [1.54, 1.807) is 30.3 Å². The van der Waals surface area contributed by atoms with Crippen LogP contribution < -0.4 is 10.0 Å². The summed E-state index contributed by atoms with van der Waals surface area (Å²) < 4.78 is 28.0. The Labute approximate surface area is 206 Å². The molecule has 0 spiro atoms. The fraction of sp³-hybridized carbons (Fsp3) is 0.138. The van der Waals surface area contributed by atoms with E-state index in [2.05, 4.69) is 10.0 Å². The van der Waals surface area contributed by atoms with Crippen LogP contribution in [0.1, 0.15) is 40.0 Å². The van der Waals surface area contributed by atoms with Crippen LogP contribution in [0, 0.1) is 6.92 Å². The van der Waals surface area contributed by atoms with Gasteiger partial charge in [0.05, 0.1) is 10.9 Å². The number of rotatable bonds is 8. The number of carbonyl (C=O) groups excluding carboxylic acids is 1. The monoisotopic (exact) mass is 484 g/mol. The minimum atomic E-state index is -3.64. The second-order valence-electron chi connectivity index (χ2n) is 8.52. The normalized spacial score (nSPS) is 12.2. The average molecular weight is 485 g/mol. The summed E-state index contributed by atoms with van der Waals surface area (Å²) in [6.07, 6.45) is 0. The molecule has 4 aromatic rings. The Morgan fingerprint density at radius 1 is 0.800 bits per heavy atom. The van der Waals surface area contributed by atoms with Crippen LogP contribution in [0.2, 0.25) is 0 Å². The molecule has 0 aliphatic heterocycles. The number of hydrogen-bond acceptors (Lipinski definition) is 3. The third kappa shape index (κ3) is 6.23. The van der Waals surface area contributed by atoms with Gasteiger partial charge in [-0.1, -0.05) is 84.4 Å². The van der Waals surface area contributed by atoms with Crippen LogP contribution in [0.25, 0.3) is 11.1 Å². The highest BCUT2D eigenvalue weighted by Crippen LogP contribution is 2.23. The molecule has 0 radical (unpaired) electrons. The molecular weight excluding hydrogens is 456 g/mol. The van der Waals surface area contributed by atoms with Gasteiger partial charge in [0.1, 0.15) is 0 Å². The van der Waals surface area contributed by atoms with Crippen molar-refractivity contribution in [1.29, 1.82) is 0 Å². The van der Waals surface area contributed by atoms with E-state index in [-0.39, 0.29) is 23.4 Å². The fourth-order valence-electron chi connectivity index (χ4n) is 3.74. The van der Waals surface area contributed by atoms with Gasteiger partial charge in [0.2, 0.25) is 10.0 Å². The van der Waals surface area contributed by atoms with Gasteiger partial charge in [0.15, 0.2) is 0 Å². The molecule has 0 fully saturated rings. The number of sulfonamides is 1. The van der Waals surface area contributed by atoms with Crippen molar-refractivity contribution in [3.8, 4) is 11.1 Å². The quantitative estimate of drug-likeness (QED) is 0.340. The molecule has 1 atom stereocenters. The Morgan fingerprint density at radius 3 is 2.17 bits per heavy atom. The third-order valence-corrected chi connectivity index (χ3v) is 7.27. The Balaban J connectivity index is 1.45. The van der Waals surface area contributed by atoms with Crippen LogP contribution >= 0.6 is 0 Å². The van der Waals surface area contributed by atoms with Crippen LogP contribution in [0.5, 0.6) is 0 Å². The molecule has 1 unspecified atom stereocenters. The number of aryl methyl sites for hydroxylation is 1. The molecule has 0 aromatic heterocycles. The van der Waals surface area contributed by atoms with Gasteiger partial charge in [-0.3, -0.25) is 4.79 Å². The predicted octanol–water partition coefficient (Wildman–Crippen LogP) is 5.63. The maximum atomic E-state index is 12.9. The lowest BCUT2D eigenvalue weighted by atomic mass is 10.0. The topological polar surface area (TPSA) is 75.3 Å². The molecule has 5 nitrogen and oxygen atoms in total. The molecule has 2 N–H and O–H groups in total. The van der Waals surface area contributed by atoms with Crippen molar-refractivity contribution < 1.29 is 13.2 Å². The molecule has 0 aliphatic rings. The highest BCUT2D eigenvalue weighted by molar-refractivity contribution is 7.89. The molecule has 0 saturated carbocycles. The molecule has 0 heterocycles. The maximum Gasteiger partial charge on any atom is 0.251 e. The second-order valence-corrected chi connectivity index (χ2v) is 10.3. The first-order valence-electron chi connectivity index (χ1n) is 11.4. The van der Waals surface area contributed by atoms with Gasteiger partial charge in [-0.15, -0.1) is 0 Å². The Bertz CT molecular complexity index is 1400. The molecule has 1 amide bonds. The molecule has 4 aromatic carbocycles. The number of nitrogens with one attached hydrogen (secondary N) is 2. The molecule has 0 aliphatic carbocycles. The largest absolute Gasteiger partial charge is 0.346 e. The standard InChI is InChI=1S/C29H28N2O3S/c1-21-11-13-24(14-12-21)22(2)31-29(32)27-10-6-9-26(19-27)25-15-17-28(18-16-25)35(33,34)30-20-23-7-4-3-5-8-23/h3-19,22,30H,20H2,1-2H3,(H,31,32). The minimum Gasteiger partial charge on any atom is -0.346 e. The van der Waals surface area contributed by atoms with Crippen molar-refractivity contribution in [1.82, 2.24) is 10.0 Å². The molecule has 0 bridgehead atoms. The van der Waals surface area contributed by atoms with Gasteiger partial charge in [0, 0.05) is 12.1 Å². The van der Waals surface area contributed by atoms with Crippen molar-refractivity contribution in [2.75, 3.05) is 0 Å². The summed E-state index contributed by atoms with van der Waals surface area (Å²) in [7, 11) is -3.64. The summed E-state index contributed by atoms with van der Waals surface area (Å²) in [5.41, 5.74) is 5.31. The molecule has 178 valence electrons. The zero-order valence-corrected chi connectivity index (χ0v) is 20.5. The van der Waals surface area contributed by atoms with Crippen molar-refractivity contribution >= 4 is 15.9 Å². The van der Waals surface area contributed by atoms with E-state index in [0.717, 1.165) is 22.3 Å². The van der Waals surface area contributed by atoms with E-state index in [9.17, 15) is 13.2 Å². The lowest BCUT2D eigenvalue weighted by Crippen LogP contribution is -2.26. The summed E-state index contributed by atoms with van der Waals surface area (Å²) in [5.74, 6) is -0.163. The smallest absolute Gasteiger partial charge is 0.251 e. The van der Waals surface area contributed by atoms with E-state index in [0.29, 0.717) is 5.56 Å².